The van der Waals surface area contributed by atoms with Crippen molar-refractivity contribution in [2.45, 2.75) is 13.5 Å². The van der Waals surface area contributed by atoms with Crippen LogP contribution in [0.5, 0.6) is 0 Å². The number of hydrogen-bond donors (Lipinski definition) is 0. The average Bonchev–Trinajstić information content (AvgIpc) is 2.24. The molecule has 0 bridgehead atoms. The third-order valence-corrected chi connectivity index (χ3v) is 2.29. The molecule has 0 N–H and O–H groups in total. The van der Waals surface area contributed by atoms with E-state index in [1.54, 1.807) is 10.6 Å². The summed E-state index contributed by atoms with van der Waals surface area (Å²) in [5.41, 5.74) is 2.15. The van der Waals surface area contributed by atoms with Crippen molar-refractivity contribution in [3.8, 4) is 0 Å². The van der Waals surface area contributed by atoms with Gasteiger partial charge in [-0.2, -0.15) is 0 Å². The van der Waals surface area contributed by atoms with Crippen molar-refractivity contribution < 1.29 is 0 Å². The van der Waals surface area contributed by atoms with E-state index in [1.165, 1.54) is 0 Å². The summed E-state index contributed by atoms with van der Waals surface area (Å²) in [5.74, 6) is 0. The fourth-order valence-corrected chi connectivity index (χ4v) is 1.46. The zero-order valence-electron chi connectivity index (χ0n) is 8.60. The van der Waals surface area contributed by atoms with Crippen LogP contribution in [0.4, 0.5) is 0 Å². The summed E-state index contributed by atoms with van der Waals surface area (Å²) >= 11 is 0. The molecule has 2 rings (SSSR count). The van der Waals surface area contributed by atoms with Crippen LogP contribution in [0.2, 0.25) is 0 Å². The molecule has 0 unspecified atom stereocenters. The van der Waals surface area contributed by atoms with Crippen molar-refractivity contribution in [1.29, 1.82) is 0 Å². The van der Waals surface area contributed by atoms with E-state index in [4.69, 9.17) is 0 Å². The fourth-order valence-electron chi connectivity index (χ4n) is 1.46. The zero-order chi connectivity index (χ0) is 10.7. The molecule has 0 spiro atoms. The van der Waals surface area contributed by atoms with E-state index in [1.807, 2.05) is 43.5 Å². The molecule has 75 valence electrons. The molecule has 1 heterocycles. The van der Waals surface area contributed by atoms with Gasteiger partial charge in [0, 0.05) is 12.3 Å². The molecule has 1 aromatic heterocycles. The predicted molar refractivity (Wildman–Crippen MR) is 59.8 cm³/mol. The number of aryl methyl sites for hydroxylation is 1. The van der Waals surface area contributed by atoms with Gasteiger partial charge < -0.3 is 4.57 Å². The lowest BCUT2D eigenvalue weighted by atomic mass is 10.2. The van der Waals surface area contributed by atoms with E-state index >= 15 is 0 Å². The highest BCUT2D eigenvalue weighted by Gasteiger charge is 1.96. The lowest BCUT2D eigenvalue weighted by molar-refractivity contribution is 0.757. The van der Waals surface area contributed by atoms with Gasteiger partial charge in [0.15, 0.2) is 0 Å². The largest absolute Gasteiger partial charge is 0.311 e. The monoisotopic (exact) mass is 198 g/mol. The van der Waals surface area contributed by atoms with Crippen LogP contribution in [0, 0.1) is 13.0 Å². The zero-order valence-corrected chi connectivity index (χ0v) is 8.60. The van der Waals surface area contributed by atoms with Gasteiger partial charge in [0.05, 0.1) is 6.54 Å². The predicted octanol–water partition coefficient (Wildman–Crippen LogP) is 2.01. The highest BCUT2D eigenvalue weighted by Crippen LogP contribution is 2.00. The number of hydrogen-bond acceptors (Lipinski definition) is 1. The summed E-state index contributed by atoms with van der Waals surface area (Å²) < 4.78 is 1.70. The van der Waals surface area contributed by atoms with E-state index < -0.39 is 0 Å². The third-order valence-electron chi connectivity index (χ3n) is 2.29. The van der Waals surface area contributed by atoms with Crippen LogP contribution in [-0.2, 0) is 6.54 Å². The Morgan fingerprint density at radius 1 is 1.27 bits per heavy atom. The van der Waals surface area contributed by atoms with Crippen molar-refractivity contribution in [2.24, 2.45) is 0 Å². The highest BCUT2D eigenvalue weighted by atomic mass is 16.1. The van der Waals surface area contributed by atoms with Gasteiger partial charge in [-0.3, -0.25) is 4.79 Å². The number of aromatic nitrogens is 1. The normalized spacial score (nSPS) is 10.2. The van der Waals surface area contributed by atoms with Crippen LogP contribution < -0.4 is 5.56 Å². The second-order valence-corrected chi connectivity index (χ2v) is 3.58. The van der Waals surface area contributed by atoms with E-state index in [0.29, 0.717) is 6.54 Å². The summed E-state index contributed by atoms with van der Waals surface area (Å²) in [7, 11) is 0. The Morgan fingerprint density at radius 3 is 2.67 bits per heavy atom. The summed E-state index contributed by atoms with van der Waals surface area (Å²) in [6.07, 6.45) is 1.83. The molecule has 1 radical (unpaired) electrons. The van der Waals surface area contributed by atoms with Crippen LogP contribution in [0.1, 0.15) is 11.1 Å². The maximum absolute atomic E-state index is 11.6. The van der Waals surface area contributed by atoms with Gasteiger partial charge in [-0.15, -0.1) is 0 Å². The molecule has 0 fully saturated rings. The summed E-state index contributed by atoms with van der Waals surface area (Å²) in [5, 5.41) is 0. The van der Waals surface area contributed by atoms with Gasteiger partial charge in [0.1, 0.15) is 0 Å². The highest BCUT2D eigenvalue weighted by molar-refractivity contribution is 5.15. The van der Waals surface area contributed by atoms with E-state index in [-0.39, 0.29) is 5.56 Å². The smallest absolute Gasteiger partial charge is 0.251 e. The second kappa shape index (κ2) is 4.13. The molecule has 1 aromatic carbocycles. The molecule has 2 nitrogen and oxygen atoms in total. The van der Waals surface area contributed by atoms with E-state index in [2.05, 4.69) is 6.07 Å². The first kappa shape index (κ1) is 9.71. The Balaban J connectivity index is 2.29. The Bertz CT molecular complexity index is 499. The second-order valence-electron chi connectivity index (χ2n) is 3.58. The SMILES string of the molecule is Cc1ccn(Cc2cc[c]cc2)c(=O)c1. The van der Waals surface area contributed by atoms with Gasteiger partial charge in [-0.25, -0.2) is 0 Å². The summed E-state index contributed by atoms with van der Waals surface area (Å²) in [6, 6.07) is 14.2. The van der Waals surface area contributed by atoms with Crippen molar-refractivity contribution in [1.82, 2.24) is 4.57 Å². The third kappa shape index (κ3) is 2.34. The molecular weight excluding hydrogens is 186 g/mol. The maximum Gasteiger partial charge on any atom is 0.251 e. The Morgan fingerprint density at radius 2 is 2.00 bits per heavy atom. The quantitative estimate of drug-likeness (QED) is 0.723. The molecule has 0 aliphatic heterocycles. The van der Waals surface area contributed by atoms with Crippen LogP contribution in [0.3, 0.4) is 0 Å². The summed E-state index contributed by atoms with van der Waals surface area (Å²) in [6.45, 7) is 2.54. The molecule has 2 aromatic rings. The molecule has 15 heavy (non-hydrogen) atoms. The average molecular weight is 198 g/mol. The van der Waals surface area contributed by atoms with Crippen molar-refractivity contribution in [3.05, 3.63) is 70.1 Å². The standard InChI is InChI=1S/C13H12NO/c1-11-7-8-14(13(15)9-11)10-12-5-3-2-4-6-12/h3-9H,10H2,1H3. The first-order chi connectivity index (χ1) is 7.25. The van der Waals surface area contributed by atoms with Gasteiger partial charge in [-0.05, 0) is 30.2 Å². The number of nitrogens with zero attached hydrogens (tertiary/aromatic N) is 1. The molecule has 0 saturated carbocycles. The number of rotatable bonds is 2. The van der Waals surface area contributed by atoms with E-state index in [9.17, 15) is 4.79 Å². The van der Waals surface area contributed by atoms with E-state index in [0.717, 1.165) is 11.1 Å². The number of pyridine rings is 1. The van der Waals surface area contributed by atoms with Gasteiger partial charge >= 0.3 is 0 Å². The minimum absolute atomic E-state index is 0.0443. The van der Waals surface area contributed by atoms with Gasteiger partial charge in [0.2, 0.25) is 0 Å². The molecule has 2 heteroatoms. The maximum atomic E-state index is 11.6. The Hall–Kier alpha value is -1.83. The van der Waals surface area contributed by atoms with Crippen molar-refractivity contribution in [3.63, 3.8) is 0 Å². The first-order valence-electron chi connectivity index (χ1n) is 4.88. The van der Waals surface area contributed by atoms with Crippen molar-refractivity contribution in [2.75, 3.05) is 0 Å². The minimum Gasteiger partial charge on any atom is -0.311 e. The van der Waals surface area contributed by atoms with Crippen LogP contribution in [0.25, 0.3) is 0 Å². The summed E-state index contributed by atoms with van der Waals surface area (Å²) in [4.78, 5) is 11.6. The molecule has 0 atom stereocenters. The Labute approximate surface area is 88.8 Å². The molecule has 0 aliphatic rings. The van der Waals surface area contributed by atoms with Gasteiger partial charge in [0.25, 0.3) is 5.56 Å². The topological polar surface area (TPSA) is 22.0 Å². The molecule has 0 amide bonds. The number of benzene rings is 1. The molecule has 0 saturated heterocycles. The van der Waals surface area contributed by atoms with Gasteiger partial charge in [-0.1, -0.05) is 24.3 Å². The lowest BCUT2D eigenvalue weighted by Gasteiger charge is -2.05. The van der Waals surface area contributed by atoms with Crippen LogP contribution in [-0.4, -0.2) is 4.57 Å². The molecular formula is C13H12NO. The minimum atomic E-state index is 0.0443. The molecule has 0 aliphatic carbocycles. The Kier molecular flexibility index (Phi) is 2.68. The van der Waals surface area contributed by atoms with Crippen LogP contribution >= 0.6 is 0 Å². The first-order valence-corrected chi connectivity index (χ1v) is 4.88. The lowest BCUT2D eigenvalue weighted by Crippen LogP contribution is -2.19. The van der Waals surface area contributed by atoms with Crippen molar-refractivity contribution >= 4 is 0 Å². The fraction of sp³-hybridized carbons (Fsp3) is 0.154. The van der Waals surface area contributed by atoms with Crippen LogP contribution in [0.15, 0.2) is 47.4 Å².